The fourth-order valence-corrected chi connectivity index (χ4v) is 2.86. The lowest BCUT2D eigenvalue weighted by Gasteiger charge is -2.12. The molecule has 0 saturated carbocycles. The van der Waals surface area contributed by atoms with Crippen LogP contribution in [-0.4, -0.2) is 47.5 Å². The zero-order chi connectivity index (χ0) is 18.7. The Balaban J connectivity index is 1.87. The molecule has 0 spiro atoms. The molecule has 0 saturated heterocycles. The van der Waals surface area contributed by atoms with Crippen LogP contribution >= 0.6 is 0 Å². The second-order valence-corrected chi connectivity index (χ2v) is 5.72. The zero-order valence-corrected chi connectivity index (χ0v) is 14.9. The van der Waals surface area contributed by atoms with Gasteiger partial charge in [-0.25, -0.2) is 14.8 Å². The number of methoxy groups -OCH3 is 2. The van der Waals surface area contributed by atoms with Crippen LogP contribution in [0.5, 0.6) is 5.88 Å². The van der Waals surface area contributed by atoms with E-state index in [9.17, 15) is 9.59 Å². The fourth-order valence-electron chi connectivity index (χ4n) is 2.86. The molecule has 3 heterocycles. The second kappa shape index (κ2) is 7.38. The first-order chi connectivity index (χ1) is 12.6. The van der Waals surface area contributed by atoms with E-state index >= 15 is 0 Å². The normalized spacial score (nSPS) is 12.7. The Bertz CT molecular complexity index is 853. The summed E-state index contributed by atoms with van der Waals surface area (Å²) in [5, 5.41) is 3.09. The smallest absolute Gasteiger partial charge is 0.341 e. The topological polar surface area (TPSA) is 93.7 Å². The number of nitrogens with zero attached hydrogens (tertiary/aromatic N) is 3. The maximum absolute atomic E-state index is 12.4. The van der Waals surface area contributed by atoms with E-state index in [-0.39, 0.29) is 5.91 Å². The Kier molecular flexibility index (Phi) is 5.01. The minimum atomic E-state index is -0.478. The predicted molar refractivity (Wildman–Crippen MR) is 94.1 cm³/mol. The number of hydrogen-bond acceptors (Lipinski definition) is 7. The molecule has 0 aliphatic carbocycles. The highest BCUT2D eigenvalue weighted by Crippen LogP contribution is 2.27. The van der Waals surface area contributed by atoms with Gasteiger partial charge in [-0.15, -0.1) is 0 Å². The van der Waals surface area contributed by atoms with Gasteiger partial charge in [-0.05, 0) is 25.1 Å². The third-order valence-corrected chi connectivity index (χ3v) is 4.23. The van der Waals surface area contributed by atoms with Crippen LogP contribution in [0.1, 0.15) is 38.9 Å². The van der Waals surface area contributed by atoms with E-state index in [2.05, 4.69) is 15.3 Å². The number of esters is 1. The number of carbonyl (C=O) groups is 2. The number of fused-ring (bicyclic) bond motifs is 1. The summed E-state index contributed by atoms with van der Waals surface area (Å²) in [5.74, 6) is 0.321. The van der Waals surface area contributed by atoms with Crippen molar-refractivity contribution in [3.63, 3.8) is 0 Å². The molecule has 1 N–H and O–H groups in total. The van der Waals surface area contributed by atoms with Crippen LogP contribution in [0.2, 0.25) is 0 Å². The molecule has 1 amide bonds. The number of carbonyl (C=O) groups excluding carboxylic acids is 2. The summed E-state index contributed by atoms with van der Waals surface area (Å²) in [6.07, 6.45) is 1.58. The largest absolute Gasteiger partial charge is 0.481 e. The molecule has 0 fully saturated rings. The van der Waals surface area contributed by atoms with E-state index in [0.717, 1.165) is 0 Å². The van der Waals surface area contributed by atoms with Crippen LogP contribution in [0.15, 0.2) is 24.4 Å². The molecular weight excluding hydrogens is 336 g/mol. The van der Waals surface area contributed by atoms with Gasteiger partial charge in [-0.2, -0.15) is 0 Å². The molecule has 0 bridgehead atoms. The van der Waals surface area contributed by atoms with Crippen molar-refractivity contribution in [2.45, 2.75) is 20.0 Å². The van der Waals surface area contributed by atoms with Crippen LogP contribution in [-0.2, 0) is 17.8 Å². The summed E-state index contributed by atoms with van der Waals surface area (Å²) in [7, 11) is 2.85. The first-order valence-electron chi connectivity index (χ1n) is 8.22. The van der Waals surface area contributed by atoms with Gasteiger partial charge in [-0.1, -0.05) is 0 Å². The Hall–Kier alpha value is -3.16. The molecule has 2 aromatic rings. The standard InChI is InChI=1S/C18H20N4O4/c1-4-22-10-14-13(17(22)23)8-11(16(21-14)25-2)9-20-15-12(18(24)26-3)6-5-7-19-15/h5-8H,4,9-10H2,1-3H3,(H,19,20). The molecule has 8 nitrogen and oxygen atoms in total. The van der Waals surface area contributed by atoms with E-state index in [1.165, 1.54) is 14.2 Å². The number of anilines is 1. The van der Waals surface area contributed by atoms with Crippen LogP contribution in [0.4, 0.5) is 5.82 Å². The lowest BCUT2D eigenvalue weighted by Crippen LogP contribution is -2.23. The quantitative estimate of drug-likeness (QED) is 0.790. The minimum absolute atomic E-state index is 0.0352. The SMILES string of the molecule is CCN1Cc2nc(OC)c(CNc3ncccc3C(=O)OC)cc2C1=O. The summed E-state index contributed by atoms with van der Waals surface area (Å²) in [5.41, 5.74) is 2.33. The first kappa shape index (κ1) is 17.7. The van der Waals surface area contributed by atoms with Crippen LogP contribution in [0.25, 0.3) is 0 Å². The fraction of sp³-hybridized carbons (Fsp3) is 0.333. The number of hydrogen-bond donors (Lipinski definition) is 1. The van der Waals surface area contributed by atoms with Crippen molar-refractivity contribution in [1.29, 1.82) is 0 Å². The zero-order valence-electron chi connectivity index (χ0n) is 14.9. The predicted octanol–water partition coefficient (Wildman–Crippen LogP) is 1.86. The molecule has 0 atom stereocenters. The molecule has 0 radical (unpaired) electrons. The molecule has 8 heteroatoms. The van der Waals surface area contributed by atoms with E-state index in [4.69, 9.17) is 9.47 Å². The maximum Gasteiger partial charge on any atom is 0.341 e. The van der Waals surface area contributed by atoms with Gasteiger partial charge >= 0.3 is 5.97 Å². The van der Waals surface area contributed by atoms with E-state index < -0.39 is 5.97 Å². The highest BCUT2D eigenvalue weighted by Gasteiger charge is 2.29. The number of aromatic nitrogens is 2. The molecule has 1 aliphatic heterocycles. The monoisotopic (exact) mass is 356 g/mol. The molecule has 0 aromatic carbocycles. The van der Waals surface area contributed by atoms with Gasteiger partial charge in [0.1, 0.15) is 11.4 Å². The average Bonchev–Trinajstić information content (AvgIpc) is 3.00. The number of rotatable bonds is 6. The van der Waals surface area contributed by atoms with Crippen molar-refractivity contribution in [3.05, 3.63) is 46.8 Å². The Labute approximate surface area is 151 Å². The van der Waals surface area contributed by atoms with Crippen LogP contribution < -0.4 is 10.1 Å². The van der Waals surface area contributed by atoms with Crippen molar-refractivity contribution < 1.29 is 19.1 Å². The van der Waals surface area contributed by atoms with Crippen LogP contribution in [0.3, 0.4) is 0 Å². The average molecular weight is 356 g/mol. The van der Waals surface area contributed by atoms with Gasteiger partial charge < -0.3 is 19.7 Å². The molecule has 3 rings (SSSR count). The van der Waals surface area contributed by atoms with Gasteiger partial charge in [0.25, 0.3) is 5.91 Å². The summed E-state index contributed by atoms with van der Waals surface area (Å²) < 4.78 is 10.1. The Morgan fingerprint density at radius 2 is 2.19 bits per heavy atom. The maximum atomic E-state index is 12.4. The van der Waals surface area contributed by atoms with Gasteiger partial charge in [0.2, 0.25) is 5.88 Å². The molecule has 0 unspecified atom stereocenters. The van der Waals surface area contributed by atoms with Crippen molar-refractivity contribution in [1.82, 2.24) is 14.9 Å². The summed E-state index contributed by atoms with van der Waals surface area (Å²) in [6, 6.07) is 5.07. The Morgan fingerprint density at radius 1 is 1.38 bits per heavy atom. The number of ether oxygens (including phenoxy) is 2. The lowest BCUT2D eigenvalue weighted by atomic mass is 10.1. The summed E-state index contributed by atoms with van der Waals surface area (Å²) in [6.45, 7) is 3.34. The van der Waals surface area contributed by atoms with Gasteiger partial charge in [0.05, 0.1) is 32.0 Å². The van der Waals surface area contributed by atoms with Gasteiger partial charge in [0, 0.05) is 24.8 Å². The van der Waals surface area contributed by atoms with E-state index in [1.807, 2.05) is 6.92 Å². The molecule has 2 aromatic heterocycles. The number of nitrogens with one attached hydrogen (secondary N) is 1. The van der Waals surface area contributed by atoms with Crippen LogP contribution in [0, 0.1) is 0 Å². The molecule has 26 heavy (non-hydrogen) atoms. The Morgan fingerprint density at radius 3 is 2.88 bits per heavy atom. The van der Waals surface area contributed by atoms with Gasteiger partial charge in [0.15, 0.2) is 0 Å². The van der Waals surface area contributed by atoms with Crippen molar-refractivity contribution in [2.75, 3.05) is 26.1 Å². The third-order valence-electron chi connectivity index (χ3n) is 4.23. The molecule has 1 aliphatic rings. The summed E-state index contributed by atoms with van der Waals surface area (Å²) >= 11 is 0. The van der Waals surface area contributed by atoms with Crippen molar-refractivity contribution in [2.24, 2.45) is 0 Å². The summed E-state index contributed by atoms with van der Waals surface area (Å²) in [4.78, 5) is 34.6. The highest BCUT2D eigenvalue weighted by atomic mass is 16.5. The number of amides is 1. The van der Waals surface area contributed by atoms with E-state index in [0.29, 0.717) is 53.7 Å². The third kappa shape index (κ3) is 3.17. The molecule has 136 valence electrons. The van der Waals surface area contributed by atoms with E-state index in [1.54, 1.807) is 29.3 Å². The van der Waals surface area contributed by atoms with Gasteiger partial charge in [-0.3, -0.25) is 4.79 Å². The minimum Gasteiger partial charge on any atom is -0.481 e. The lowest BCUT2D eigenvalue weighted by molar-refractivity contribution is 0.0601. The molecular formula is C18H20N4O4. The van der Waals surface area contributed by atoms with Crippen molar-refractivity contribution in [3.8, 4) is 5.88 Å². The highest BCUT2D eigenvalue weighted by molar-refractivity contribution is 5.98. The van der Waals surface area contributed by atoms with Crippen molar-refractivity contribution >= 4 is 17.7 Å². The first-order valence-corrected chi connectivity index (χ1v) is 8.22. The number of pyridine rings is 2. The second-order valence-electron chi connectivity index (χ2n) is 5.72.